The predicted octanol–water partition coefficient (Wildman–Crippen LogP) is 1.73. The second-order valence-corrected chi connectivity index (χ2v) is 6.38. The fraction of sp³-hybridized carbons (Fsp3) is 0.929. The van der Waals surface area contributed by atoms with Gasteiger partial charge in [0, 0.05) is 12.5 Å². The highest BCUT2D eigenvalue weighted by Crippen LogP contribution is 2.58. The van der Waals surface area contributed by atoms with Crippen molar-refractivity contribution in [3.05, 3.63) is 0 Å². The van der Waals surface area contributed by atoms with E-state index in [0.717, 1.165) is 32.4 Å². The van der Waals surface area contributed by atoms with Crippen molar-refractivity contribution >= 4 is 18.3 Å². The van der Waals surface area contributed by atoms with Gasteiger partial charge >= 0.3 is 0 Å². The zero-order valence-corrected chi connectivity index (χ0v) is 13.1. The Bertz CT molecular complexity index is 315. The number of amides is 1. The quantitative estimate of drug-likeness (QED) is 0.811. The topological polar surface area (TPSA) is 50.4 Å². The molecule has 2 N–H and O–H groups in total. The number of hydrogen-bond donors (Lipinski definition) is 2. The highest BCUT2D eigenvalue weighted by Gasteiger charge is 2.58. The Hall–Kier alpha value is -0.320. The molecule has 2 fully saturated rings. The van der Waals surface area contributed by atoms with E-state index in [4.69, 9.17) is 4.74 Å². The summed E-state index contributed by atoms with van der Waals surface area (Å²) in [5.74, 6) is 0.460. The normalized spacial score (nSPS) is 24.7. The maximum Gasteiger partial charge on any atom is 0.224 e. The van der Waals surface area contributed by atoms with Crippen LogP contribution >= 0.6 is 12.4 Å². The van der Waals surface area contributed by atoms with Gasteiger partial charge in [-0.1, -0.05) is 0 Å². The summed E-state index contributed by atoms with van der Waals surface area (Å²) in [5, 5.41) is 6.50. The van der Waals surface area contributed by atoms with Crippen LogP contribution in [0.1, 0.15) is 40.0 Å². The molecule has 2 aliphatic rings. The Balaban J connectivity index is 0.00000180. The van der Waals surface area contributed by atoms with Gasteiger partial charge in [0.1, 0.15) is 0 Å². The van der Waals surface area contributed by atoms with Crippen molar-refractivity contribution in [1.29, 1.82) is 0 Å². The zero-order chi connectivity index (χ0) is 13.2. The number of ether oxygens (including phenoxy) is 1. The van der Waals surface area contributed by atoms with E-state index in [0.29, 0.717) is 18.6 Å². The number of nitrogens with one attached hydrogen (secondary N) is 2. The molecule has 1 aliphatic heterocycles. The summed E-state index contributed by atoms with van der Waals surface area (Å²) in [6, 6.07) is 0. The molecule has 0 aromatic carbocycles. The van der Waals surface area contributed by atoms with Crippen LogP contribution < -0.4 is 10.6 Å². The van der Waals surface area contributed by atoms with Gasteiger partial charge < -0.3 is 15.4 Å². The van der Waals surface area contributed by atoms with Crippen LogP contribution in [0.2, 0.25) is 0 Å². The molecule has 4 nitrogen and oxygen atoms in total. The minimum Gasteiger partial charge on any atom is -0.379 e. The van der Waals surface area contributed by atoms with Crippen LogP contribution in [0.25, 0.3) is 0 Å². The van der Waals surface area contributed by atoms with Gasteiger partial charge in [-0.25, -0.2) is 0 Å². The molecule has 1 spiro atoms. The Kier molecular flexibility index (Phi) is 5.65. The molecular weight excluding hydrogens is 264 g/mol. The van der Waals surface area contributed by atoms with E-state index < -0.39 is 0 Å². The van der Waals surface area contributed by atoms with Crippen LogP contribution in [0.3, 0.4) is 0 Å². The smallest absolute Gasteiger partial charge is 0.224 e. The third-order valence-electron chi connectivity index (χ3n) is 4.23. The lowest BCUT2D eigenvalue weighted by molar-refractivity contribution is -0.125. The molecule has 0 radical (unpaired) electrons. The molecule has 0 bridgehead atoms. The Morgan fingerprint density at radius 2 is 2.05 bits per heavy atom. The Labute approximate surface area is 122 Å². The van der Waals surface area contributed by atoms with Crippen LogP contribution in [0, 0.1) is 11.3 Å². The van der Waals surface area contributed by atoms with Crippen LogP contribution in [0.4, 0.5) is 0 Å². The van der Waals surface area contributed by atoms with Gasteiger partial charge in [0.15, 0.2) is 0 Å². The van der Waals surface area contributed by atoms with E-state index in [1.807, 2.05) is 20.8 Å². The van der Waals surface area contributed by atoms with Crippen molar-refractivity contribution in [2.45, 2.75) is 45.6 Å². The first kappa shape index (κ1) is 16.7. The molecular formula is C14H27ClN2O2. The van der Waals surface area contributed by atoms with E-state index in [1.54, 1.807) is 0 Å². The highest BCUT2D eigenvalue weighted by molar-refractivity contribution is 5.85. The summed E-state index contributed by atoms with van der Waals surface area (Å²) in [5.41, 5.74) is 0.0564. The van der Waals surface area contributed by atoms with Crippen LogP contribution in [0.5, 0.6) is 0 Å². The van der Waals surface area contributed by atoms with Crippen molar-refractivity contribution in [2.24, 2.45) is 11.3 Å². The average Bonchev–Trinajstić information content (AvgIpc) is 3.01. The summed E-state index contributed by atoms with van der Waals surface area (Å²) in [4.78, 5) is 12.3. The molecule has 1 atom stereocenters. The average molecular weight is 291 g/mol. The molecule has 19 heavy (non-hydrogen) atoms. The molecule has 112 valence electrons. The minimum absolute atomic E-state index is 0. The number of carbonyl (C=O) groups excluding carboxylic acids is 1. The van der Waals surface area contributed by atoms with Gasteiger partial charge in [-0.3, -0.25) is 4.79 Å². The molecule has 0 aromatic heterocycles. The van der Waals surface area contributed by atoms with Gasteiger partial charge in [-0.15, -0.1) is 12.4 Å². The van der Waals surface area contributed by atoms with E-state index in [2.05, 4.69) is 10.6 Å². The third-order valence-corrected chi connectivity index (χ3v) is 4.23. The first-order chi connectivity index (χ1) is 8.49. The van der Waals surface area contributed by atoms with Crippen LogP contribution in [-0.2, 0) is 9.53 Å². The fourth-order valence-electron chi connectivity index (χ4n) is 3.01. The predicted molar refractivity (Wildman–Crippen MR) is 78.6 cm³/mol. The minimum atomic E-state index is -0.260. The molecule has 1 unspecified atom stereocenters. The second kappa shape index (κ2) is 6.42. The summed E-state index contributed by atoms with van der Waals surface area (Å²) < 4.78 is 5.41. The lowest BCUT2D eigenvalue weighted by Gasteiger charge is -2.28. The third kappa shape index (κ3) is 4.07. The lowest BCUT2D eigenvalue weighted by Crippen LogP contribution is -2.48. The molecule has 0 aromatic rings. The molecule has 1 heterocycles. The molecule has 1 saturated heterocycles. The van der Waals surface area contributed by atoms with E-state index in [9.17, 15) is 4.79 Å². The Morgan fingerprint density at radius 3 is 2.63 bits per heavy atom. The molecule has 1 aliphatic carbocycles. The van der Waals surface area contributed by atoms with Crippen molar-refractivity contribution in [2.75, 3.05) is 26.3 Å². The van der Waals surface area contributed by atoms with E-state index in [1.165, 1.54) is 0 Å². The fourth-order valence-corrected chi connectivity index (χ4v) is 3.01. The monoisotopic (exact) mass is 290 g/mol. The number of hydrogen-bond acceptors (Lipinski definition) is 3. The van der Waals surface area contributed by atoms with Crippen molar-refractivity contribution in [1.82, 2.24) is 10.6 Å². The van der Waals surface area contributed by atoms with Crippen molar-refractivity contribution in [3.63, 3.8) is 0 Å². The van der Waals surface area contributed by atoms with Crippen LogP contribution in [0.15, 0.2) is 0 Å². The number of halogens is 1. The highest BCUT2D eigenvalue weighted by atomic mass is 35.5. The number of rotatable bonds is 5. The maximum atomic E-state index is 12.3. The summed E-state index contributed by atoms with van der Waals surface area (Å²) in [6.07, 6.45) is 3.37. The summed E-state index contributed by atoms with van der Waals surface area (Å²) in [6.45, 7) is 9.42. The molecule has 2 rings (SSSR count). The lowest BCUT2D eigenvalue weighted by atomic mass is 9.91. The summed E-state index contributed by atoms with van der Waals surface area (Å²) >= 11 is 0. The SMILES string of the molecule is CCOCC(C)(C)NC(=O)C1CC12CCNCC2.Cl. The maximum absolute atomic E-state index is 12.3. The van der Waals surface area contributed by atoms with E-state index in [-0.39, 0.29) is 29.8 Å². The largest absolute Gasteiger partial charge is 0.379 e. The Morgan fingerprint density at radius 1 is 1.42 bits per heavy atom. The molecule has 1 saturated carbocycles. The van der Waals surface area contributed by atoms with Crippen molar-refractivity contribution < 1.29 is 9.53 Å². The number of carbonyl (C=O) groups is 1. The van der Waals surface area contributed by atoms with E-state index >= 15 is 0 Å². The first-order valence-corrected chi connectivity index (χ1v) is 7.10. The molecule has 1 amide bonds. The summed E-state index contributed by atoms with van der Waals surface area (Å²) in [7, 11) is 0. The number of piperidine rings is 1. The standard InChI is InChI=1S/C14H26N2O2.ClH/c1-4-18-10-13(2,3)16-12(17)11-9-14(11)5-7-15-8-6-14;/h11,15H,4-10H2,1-3H3,(H,16,17);1H. The van der Waals surface area contributed by atoms with Gasteiger partial charge in [0.05, 0.1) is 12.1 Å². The van der Waals surface area contributed by atoms with Gasteiger partial charge in [0.2, 0.25) is 5.91 Å². The zero-order valence-electron chi connectivity index (χ0n) is 12.3. The van der Waals surface area contributed by atoms with Gasteiger partial charge in [-0.05, 0) is 58.5 Å². The van der Waals surface area contributed by atoms with Gasteiger partial charge in [-0.2, -0.15) is 0 Å². The second-order valence-electron chi connectivity index (χ2n) is 6.38. The first-order valence-electron chi connectivity index (χ1n) is 7.10. The van der Waals surface area contributed by atoms with Crippen LogP contribution in [-0.4, -0.2) is 37.7 Å². The van der Waals surface area contributed by atoms with Crippen molar-refractivity contribution in [3.8, 4) is 0 Å². The van der Waals surface area contributed by atoms with Gasteiger partial charge in [0.25, 0.3) is 0 Å². The molecule has 5 heteroatoms.